The Balaban J connectivity index is 0.00000420. The molecule has 7 heteroatoms. The number of amides is 1. The monoisotopic (exact) mass is 515 g/mol. The van der Waals surface area contributed by atoms with Crippen molar-refractivity contribution in [2.24, 2.45) is 4.99 Å². The van der Waals surface area contributed by atoms with Crippen LogP contribution in [0.15, 0.2) is 35.3 Å². The minimum absolute atomic E-state index is 0. The number of carbonyl (C=O) groups excluding carboxylic acids is 1. The lowest BCUT2D eigenvalue weighted by molar-refractivity contribution is -0.122. The maximum absolute atomic E-state index is 12.2. The molecule has 164 valence electrons. The van der Waals surface area contributed by atoms with E-state index >= 15 is 0 Å². The van der Waals surface area contributed by atoms with Crippen molar-refractivity contribution in [1.82, 2.24) is 20.4 Å². The smallest absolute Gasteiger partial charge is 0.240 e. The van der Waals surface area contributed by atoms with Gasteiger partial charge in [0.1, 0.15) is 0 Å². The normalized spacial score (nSPS) is 17.6. The van der Waals surface area contributed by atoms with Gasteiger partial charge in [-0.05, 0) is 52.6 Å². The molecule has 0 bridgehead atoms. The summed E-state index contributed by atoms with van der Waals surface area (Å²) in [6.45, 7) is 11.9. The summed E-state index contributed by atoms with van der Waals surface area (Å²) in [7, 11) is 1.92. The summed E-state index contributed by atoms with van der Waals surface area (Å²) in [6.07, 6.45) is 2.39. The van der Waals surface area contributed by atoms with Gasteiger partial charge in [-0.15, -0.1) is 24.0 Å². The molecule has 2 rings (SSSR count). The van der Waals surface area contributed by atoms with E-state index in [2.05, 4.69) is 52.8 Å². The van der Waals surface area contributed by atoms with Gasteiger partial charge in [-0.25, -0.2) is 0 Å². The third kappa shape index (κ3) is 9.33. The number of hydrogen-bond donors (Lipinski definition) is 2. The molecule has 0 aromatic heterocycles. The van der Waals surface area contributed by atoms with E-state index in [1.807, 2.05) is 32.7 Å². The lowest BCUT2D eigenvalue weighted by atomic mass is 10.1. The Morgan fingerprint density at radius 2 is 1.97 bits per heavy atom. The fraction of sp³-hybridized carbons (Fsp3) is 0.636. The van der Waals surface area contributed by atoms with Crippen LogP contribution in [0.4, 0.5) is 0 Å². The Hall–Kier alpha value is -1.35. The van der Waals surface area contributed by atoms with Crippen LogP contribution >= 0.6 is 24.0 Å². The Labute approximate surface area is 193 Å². The Kier molecular flexibility index (Phi) is 11.0. The molecule has 29 heavy (non-hydrogen) atoms. The number of rotatable bonds is 7. The summed E-state index contributed by atoms with van der Waals surface area (Å²) in [6, 6.07) is 11.1. The molecule has 1 fully saturated rings. The fourth-order valence-electron chi connectivity index (χ4n) is 3.54. The quantitative estimate of drug-likeness (QED) is 0.333. The molecule has 1 atom stereocenters. The Bertz CT molecular complexity index is 644. The lowest BCUT2D eigenvalue weighted by Gasteiger charge is -2.27. The number of aliphatic imine (C=N–C) groups is 1. The standard InChI is InChI=1S/C22H37N5O.HI/c1-6-23-21(26(5)17-20(28)25-22(2,3)4)24-15-19-13-10-14-27(19)16-18-11-8-7-9-12-18;/h7-9,11-12,19H,6,10,13-17H2,1-5H3,(H,23,24)(H,25,28);1H. The highest BCUT2D eigenvalue weighted by atomic mass is 127. The molecule has 1 aliphatic rings. The number of hydrogen-bond acceptors (Lipinski definition) is 3. The van der Waals surface area contributed by atoms with Crippen LogP contribution in [0.1, 0.15) is 46.1 Å². The zero-order valence-electron chi connectivity index (χ0n) is 18.6. The largest absolute Gasteiger partial charge is 0.357 e. The highest BCUT2D eigenvalue weighted by molar-refractivity contribution is 14.0. The molecule has 1 aromatic rings. The van der Waals surface area contributed by atoms with Gasteiger partial charge in [-0.3, -0.25) is 14.7 Å². The Morgan fingerprint density at radius 3 is 2.59 bits per heavy atom. The van der Waals surface area contributed by atoms with E-state index in [0.29, 0.717) is 12.6 Å². The average molecular weight is 515 g/mol. The topological polar surface area (TPSA) is 60.0 Å². The maximum atomic E-state index is 12.2. The number of likely N-dealkylation sites (N-methyl/N-ethyl adjacent to an activating group) is 1. The van der Waals surface area contributed by atoms with Gasteiger partial charge < -0.3 is 15.5 Å². The van der Waals surface area contributed by atoms with Gasteiger partial charge in [0.15, 0.2) is 5.96 Å². The summed E-state index contributed by atoms with van der Waals surface area (Å²) >= 11 is 0. The number of halogens is 1. The first-order valence-corrected chi connectivity index (χ1v) is 10.4. The highest BCUT2D eigenvalue weighted by Crippen LogP contribution is 2.20. The van der Waals surface area contributed by atoms with E-state index in [-0.39, 0.29) is 35.4 Å². The van der Waals surface area contributed by atoms with Crippen molar-refractivity contribution in [3.63, 3.8) is 0 Å². The molecule has 6 nitrogen and oxygen atoms in total. The molecule has 1 unspecified atom stereocenters. The van der Waals surface area contributed by atoms with E-state index in [0.717, 1.165) is 32.1 Å². The molecule has 0 saturated carbocycles. The summed E-state index contributed by atoms with van der Waals surface area (Å²) < 4.78 is 0. The zero-order chi connectivity index (χ0) is 20.6. The second-order valence-corrected chi connectivity index (χ2v) is 8.60. The van der Waals surface area contributed by atoms with Crippen LogP contribution in [0, 0.1) is 0 Å². The molecule has 1 aliphatic heterocycles. The maximum Gasteiger partial charge on any atom is 0.240 e. The zero-order valence-corrected chi connectivity index (χ0v) is 20.9. The van der Waals surface area contributed by atoms with Gasteiger partial charge in [0.05, 0.1) is 13.1 Å². The summed E-state index contributed by atoms with van der Waals surface area (Å²) in [5.41, 5.74) is 1.12. The number of carbonyl (C=O) groups is 1. The molecule has 0 spiro atoms. The number of likely N-dealkylation sites (tertiary alicyclic amines) is 1. The van der Waals surface area contributed by atoms with Gasteiger partial charge in [-0.1, -0.05) is 30.3 Å². The fourth-order valence-corrected chi connectivity index (χ4v) is 3.54. The number of benzene rings is 1. The Morgan fingerprint density at radius 1 is 1.28 bits per heavy atom. The SMILES string of the molecule is CCNC(=NCC1CCCN1Cc1ccccc1)N(C)CC(=O)NC(C)(C)C.I. The van der Waals surface area contributed by atoms with Crippen molar-refractivity contribution in [3.8, 4) is 0 Å². The third-order valence-corrected chi connectivity index (χ3v) is 4.77. The van der Waals surface area contributed by atoms with Gasteiger partial charge in [0, 0.05) is 31.7 Å². The first kappa shape index (κ1) is 25.7. The highest BCUT2D eigenvalue weighted by Gasteiger charge is 2.24. The third-order valence-electron chi connectivity index (χ3n) is 4.77. The van der Waals surface area contributed by atoms with Crippen LogP contribution in [0.2, 0.25) is 0 Å². The molecular formula is C22H38IN5O. The van der Waals surface area contributed by atoms with Crippen molar-refractivity contribution in [2.45, 2.75) is 58.7 Å². The average Bonchev–Trinajstić information content (AvgIpc) is 3.04. The second kappa shape index (κ2) is 12.4. The molecule has 1 heterocycles. The van der Waals surface area contributed by atoms with Crippen molar-refractivity contribution >= 4 is 35.8 Å². The van der Waals surface area contributed by atoms with Crippen molar-refractivity contribution < 1.29 is 4.79 Å². The van der Waals surface area contributed by atoms with Crippen LogP contribution in [-0.4, -0.2) is 66.5 Å². The molecule has 0 aliphatic carbocycles. The van der Waals surface area contributed by atoms with Gasteiger partial charge in [0.2, 0.25) is 5.91 Å². The minimum Gasteiger partial charge on any atom is -0.357 e. The minimum atomic E-state index is -0.227. The summed E-state index contributed by atoms with van der Waals surface area (Å²) in [5, 5.41) is 6.32. The lowest BCUT2D eigenvalue weighted by Crippen LogP contribution is -2.49. The van der Waals surface area contributed by atoms with Crippen LogP contribution in [0.3, 0.4) is 0 Å². The predicted molar refractivity (Wildman–Crippen MR) is 132 cm³/mol. The van der Waals surface area contributed by atoms with Crippen molar-refractivity contribution in [1.29, 1.82) is 0 Å². The molecule has 1 aromatic carbocycles. The van der Waals surface area contributed by atoms with Crippen molar-refractivity contribution in [3.05, 3.63) is 35.9 Å². The molecule has 1 amide bonds. The summed E-state index contributed by atoms with van der Waals surface area (Å²) in [5.74, 6) is 0.797. The van der Waals surface area contributed by atoms with E-state index in [4.69, 9.17) is 4.99 Å². The predicted octanol–water partition coefficient (Wildman–Crippen LogP) is 3.08. The molecule has 1 saturated heterocycles. The molecule has 0 radical (unpaired) electrons. The van der Waals surface area contributed by atoms with Gasteiger partial charge >= 0.3 is 0 Å². The number of guanidine groups is 1. The van der Waals surface area contributed by atoms with E-state index in [1.54, 1.807) is 0 Å². The van der Waals surface area contributed by atoms with Crippen molar-refractivity contribution in [2.75, 3.05) is 33.2 Å². The summed E-state index contributed by atoms with van der Waals surface area (Å²) in [4.78, 5) is 21.5. The van der Waals surface area contributed by atoms with E-state index in [9.17, 15) is 4.79 Å². The van der Waals surface area contributed by atoms with Gasteiger partial charge in [0.25, 0.3) is 0 Å². The van der Waals surface area contributed by atoms with E-state index < -0.39 is 0 Å². The van der Waals surface area contributed by atoms with Gasteiger partial charge in [-0.2, -0.15) is 0 Å². The number of nitrogens with one attached hydrogen (secondary N) is 2. The van der Waals surface area contributed by atoms with E-state index in [1.165, 1.54) is 18.4 Å². The first-order valence-electron chi connectivity index (χ1n) is 10.4. The first-order chi connectivity index (χ1) is 13.3. The molecular weight excluding hydrogens is 477 g/mol. The van der Waals surface area contributed by atoms with Crippen LogP contribution in [-0.2, 0) is 11.3 Å². The van der Waals surface area contributed by atoms with Crippen LogP contribution in [0.25, 0.3) is 0 Å². The molecule has 2 N–H and O–H groups in total. The number of nitrogens with zero attached hydrogens (tertiary/aromatic N) is 3. The van der Waals surface area contributed by atoms with Crippen LogP contribution in [0.5, 0.6) is 0 Å². The second-order valence-electron chi connectivity index (χ2n) is 8.60. The van der Waals surface area contributed by atoms with Crippen LogP contribution < -0.4 is 10.6 Å².